The molecule has 0 aliphatic carbocycles. The summed E-state index contributed by atoms with van der Waals surface area (Å²) in [6.07, 6.45) is 0. The molecule has 4 heteroatoms. The van der Waals surface area contributed by atoms with E-state index in [2.05, 4.69) is 97.4 Å². The van der Waals surface area contributed by atoms with Crippen LogP contribution in [-0.4, -0.2) is 8.32 Å². The maximum absolute atomic E-state index is 6.92. The van der Waals surface area contributed by atoms with Gasteiger partial charge in [0.25, 0.3) is 8.32 Å². The fourth-order valence-corrected chi connectivity index (χ4v) is 8.71. The Hall–Kier alpha value is -1.39. The molecule has 0 aliphatic rings. The Morgan fingerprint density at radius 2 is 1.37 bits per heavy atom. The van der Waals surface area contributed by atoms with E-state index in [1.807, 2.05) is 18.2 Å². The van der Waals surface area contributed by atoms with E-state index < -0.39 is 8.32 Å². The molecule has 0 spiro atoms. The predicted molar refractivity (Wildman–Crippen MR) is 122 cm³/mol. The summed E-state index contributed by atoms with van der Waals surface area (Å²) in [4.78, 5) is 0. The Kier molecular flexibility index (Phi) is 6.27. The van der Waals surface area contributed by atoms with Crippen molar-refractivity contribution in [1.29, 1.82) is 0 Å². The fourth-order valence-electron chi connectivity index (χ4n) is 3.60. The van der Waals surface area contributed by atoms with Crippen molar-refractivity contribution < 1.29 is 4.43 Å². The third-order valence-electron chi connectivity index (χ3n) is 4.87. The standard InChI is InChI=1S/C23H24BrClOSi/c1-23(2,3)27(20-10-6-4-7-11-20,21-12-8-5-9-13-21)26-17-18-16-19(24)14-15-22(18)25/h4-16H,17H2,1-3H3. The normalized spacial score (nSPS) is 12.2. The highest BCUT2D eigenvalue weighted by Crippen LogP contribution is 2.37. The minimum Gasteiger partial charge on any atom is -0.403 e. The number of hydrogen-bond acceptors (Lipinski definition) is 1. The Balaban J connectivity index is 2.13. The summed E-state index contributed by atoms with van der Waals surface area (Å²) in [5.74, 6) is 0. The van der Waals surface area contributed by atoms with Gasteiger partial charge in [-0.15, -0.1) is 0 Å². The molecule has 3 aromatic rings. The van der Waals surface area contributed by atoms with Crippen LogP contribution in [-0.2, 0) is 11.0 Å². The molecule has 0 saturated heterocycles. The molecular weight excluding hydrogens is 436 g/mol. The van der Waals surface area contributed by atoms with Crippen LogP contribution in [0, 0.1) is 0 Å². The van der Waals surface area contributed by atoms with Gasteiger partial charge in [0.15, 0.2) is 0 Å². The van der Waals surface area contributed by atoms with Crippen LogP contribution in [0.1, 0.15) is 26.3 Å². The van der Waals surface area contributed by atoms with Crippen LogP contribution >= 0.6 is 27.5 Å². The smallest absolute Gasteiger partial charge is 0.261 e. The summed E-state index contributed by atoms with van der Waals surface area (Å²) in [7, 11) is -2.55. The van der Waals surface area contributed by atoms with E-state index in [1.54, 1.807) is 0 Å². The Morgan fingerprint density at radius 1 is 0.852 bits per heavy atom. The van der Waals surface area contributed by atoms with Crippen molar-refractivity contribution in [2.75, 3.05) is 0 Å². The van der Waals surface area contributed by atoms with Crippen LogP contribution in [0.25, 0.3) is 0 Å². The Morgan fingerprint density at radius 3 is 1.85 bits per heavy atom. The molecule has 0 atom stereocenters. The van der Waals surface area contributed by atoms with Gasteiger partial charge in [0.2, 0.25) is 0 Å². The first-order valence-corrected chi connectivity index (χ1v) is 12.1. The molecule has 0 fully saturated rings. The summed E-state index contributed by atoms with van der Waals surface area (Å²) < 4.78 is 7.93. The summed E-state index contributed by atoms with van der Waals surface area (Å²) in [5.41, 5.74) is 0.999. The first-order chi connectivity index (χ1) is 12.8. The van der Waals surface area contributed by atoms with Crippen LogP contribution in [0.3, 0.4) is 0 Å². The van der Waals surface area contributed by atoms with Gasteiger partial charge in [0.05, 0.1) is 6.61 Å². The van der Waals surface area contributed by atoms with Gasteiger partial charge in [0, 0.05) is 9.50 Å². The SMILES string of the molecule is CC(C)(C)[Si](OCc1cc(Br)ccc1Cl)(c1ccccc1)c1ccccc1. The van der Waals surface area contributed by atoms with E-state index in [0.717, 1.165) is 15.1 Å². The quantitative estimate of drug-likeness (QED) is 0.414. The van der Waals surface area contributed by atoms with E-state index in [9.17, 15) is 0 Å². The first kappa shape index (κ1) is 20.3. The molecule has 0 aromatic heterocycles. The van der Waals surface area contributed by atoms with Crippen molar-refractivity contribution in [3.63, 3.8) is 0 Å². The zero-order chi connectivity index (χ0) is 19.5. The number of rotatable bonds is 5. The van der Waals surface area contributed by atoms with Gasteiger partial charge < -0.3 is 4.43 Å². The van der Waals surface area contributed by atoms with Gasteiger partial charge in [-0.3, -0.25) is 0 Å². The third kappa shape index (κ3) is 4.22. The summed E-state index contributed by atoms with van der Waals surface area (Å²) in [6, 6.07) is 27.2. The number of benzene rings is 3. The fraction of sp³-hybridized carbons (Fsp3) is 0.217. The average Bonchev–Trinajstić information content (AvgIpc) is 2.65. The van der Waals surface area contributed by atoms with E-state index in [1.165, 1.54) is 10.4 Å². The third-order valence-corrected chi connectivity index (χ3v) is 10.7. The molecule has 0 aliphatic heterocycles. The molecule has 3 rings (SSSR count). The van der Waals surface area contributed by atoms with Crippen molar-refractivity contribution >= 4 is 46.2 Å². The molecule has 0 radical (unpaired) electrons. The Labute approximate surface area is 176 Å². The highest BCUT2D eigenvalue weighted by molar-refractivity contribution is 9.10. The van der Waals surface area contributed by atoms with Crippen LogP contribution in [0.4, 0.5) is 0 Å². The summed E-state index contributed by atoms with van der Waals surface area (Å²) in [5, 5.41) is 3.23. The molecule has 1 nitrogen and oxygen atoms in total. The minimum absolute atomic E-state index is 0.0474. The highest BCUT2D eigenvalue weighted by Gasteiger charge is 2.50. The van der Waals surface area contributed by atoms with Crippen molar-refractivity contribution in [3.8, 4) is 0 Å². The molecule has 0 N–H and O–H groups in total. The minimum atomic E-state index is -2.55. The van der Waals surface area contributed by atoms with Crippen LogP contribution < -0.4 is 10.4 Å². The second-order valence-electron chi connectivity index (χ2n) is 7.69. The van der Waals surface area contributed by atoms with Gasteiger partial charge in [-0.25, -0.2) is 0 Å². The monoisotopic (exact) mass is 458 g/mol. The highest BCUT2D eigenvalue weighted by atomic mass is 79.9. The van der Waals surface area contributed by atoms with Gasteiger partial charge in [-0.05, 0) is 39.2 Å². The molecule has 3 aromatic carbocycles. The van der Waals surface area contributed by atoms with Crippen molar-refractivity contribution in [3.05, 3.63) is 93.9 Å². The second-order valence-corrected chi connectivity index (χ2v) is 13.3. The molecule has 0 heterocycles. The van der Waals surface area contributed by atoms with E-state index >= 15 is 0 Å². The zero-order valence-electron chi connectivity index (χ0n) is 15.9. The topological polar surface area (TPSA) is 9.23 Å². The lowest BCUT2D eigenvalue weighted by molar-refractivity contribution is 0.286. The summed E-state index contributed by atoms with van der Waals surface area (Å²) in [6.45, 7) is 7.32. The first-order valence-electron chi connectivity index (χ1n) is 9.03. The van der Waals surface area contributed by atoms with Gasteiger partial charge >= 0.3 is 0 Å². The second kappa shape index (κ2) is 8.32. The molecule has 0 unspecified atom stereocenters. The maximum atomic E-state index is 6.92. The van der Waals surface area contributed by atoms with Crippen LogP contribution in [0.5, 0.6) is 0 Å². The van der Waals surface area contributed by atoms with Crippen molar-refractivity contribution in [2.45, 2.75) is 32.4 Å². The number of halogens is 2. The predicted octanol–water partition coefficient (Wildman–Crippen LogP) is 6.18. The molecule has 27 heavy (non-hydrogen) atoms. The number of hydrogen-bond donors (Lipinski definition) is 0. The lowest BCUT2D eigenvalue weighted by atomic mass is 10.2. The molecule has 0 saturated carbocycles. The van der Waals surface area contributed by atoms with Crippen molar-refractivity contribution in [2.24, 2.45) is 0 Å². The van der Waals surface area contributed by atoms with Gasteiger partial charge in [-0.2, -0.15) is 0 Å². The summed E-state index contributed by atoms with van der Waals surface area (Å²) >= 11 is 9.99. The zero-order valence-corrected chi connectivity index (χ0v) is 19.2. The average molecular weight is 460 g/mol. The van der Waals surface area contributed by atoms with E-state index in [0.29, 0.717) is 6.61 Å². The van der Waals surface area contributed by atoms with Gasteiger partial charge in [-0.1, -0.05) is 109 Å². The largest absolute Gasteiger partial charge is 0.403 e. The van der Waals surface area contributed by atoms with Crippen LogP contribution in [0.15, 0.2) is 83.3 Å². The molecule has 0 bridgehead atoms. The van der Waals surface area contributed by atoms with E-state index in [4.69, 9.17) is 16.0 Å². The van der Waals surface area contributed by atoms with Crippen molar-refractivity contribution in [1.82, 2.24) is 0 Å². The Bertz CT molecular complexity index is 852. The van der Waals surface area contributed by atoms with E-state index in [-0.39, 0.29) is 5.04 Å². The molecular formula is C23H24BrClOSi. The lowest BCUT2D eigenvalue weighted by Crippen LogP contribution is -2.66. The molecule has 0 amide bonds. The van der Waals surface area contributed by atoms with Gasteiger partial charge in [0.1, 0.15) is 0 Å². The maximum Gasteiger partial charge on any atom is 0.261 e. The lowest BCUT2D eigenvalue weighted by Gasteiger charge is -2.43. The molecule has 140 valence electrons. The van der Waals surface area contributed by atoms with Crippen LogP contribution in [0.2, 0.25) is 10.1 Å².